The lowest BCUT2D eigenvalue weighted by molar-refractivity contribution is 0.535. The second kappa shape index (κ2) is 6.82. The minimum absolute atomic E-state index is 0.0721. The van der Waals surface area contributed by atoms with Crippen LogP contribution in [-0.2, 0) is 6.42 Å². The molecule has 1 unspecified atom stereocenters. The van der Waals surface area contributed by atoms with Crippen LogP contribution in [0, 0.1) is 12.7 Å². The van der Waals surface area contributed by atoms with Crippen molar-refractivity contribution in [2.75, 3.05) is 6.54 Å². The van der Waals surface area contributed by atoms with Gasteiger partial charge in [-0.1, -0.05) is 30.7 Å². The maximum absolute atomic E-state index is 13.1. The van der Waals surface area contributed by atoms with E-state index in [-0.39, 0.29) is 11.9 Å². The van der Waals surface area contributed by atoms with Crippen molar-refractivity contribution in [3.05, 3.63) is 64.2 Å². The number of nitrogens with zero attached hydrogens (tertiary/aromatic N) is 1. The number of nitrogens with one attached hydrogen (secondary N) is 1. The van der Waals surface area contributed by atoms with Crippen LogP contribution in [0.15, 0.2) is 36.4 Å². The third-order valence-corrected chi connectivity index (χ3v) is 3.51. The lowest BCUT2D eigenvalue weighted by Gasteiger charge is -2.18. The molecule has 0 bridgehead atoms. The number of pyridine rings is 1. The molecule has 0 spiro atoms. The Kier molecular flexibility index (Phi) is 5.10. The van der Waals surface area contributed by atoms with Gasteiger partial charge in [0.25, 0.3) is 0 Å². The van der Waals surface area contributed by atoms with Gasteiger partial charge in [0.1, 0.15) is 5.82 Å². The lowest BCUT2D eigenvalue weighted by Crippen LogP contribution is -2.24. The van der Waals surface area contributed by atoms with Gasteiger partial charge in [0.2, 0.25) is 0 Å². The molecule has 0 radical (unpaired) electrons. The summed E-state index contributed by atoms with van der Waals surface area (Å²) in [4.78, 5) is 4.56. The molecule has 0 saturated carbocycles. The van der Waals surface area contributed by atoms with Gasteiger partial charge < -0.3 is 5.32 Å². The maximum Gasteiger partial charge on any atom is 0.124 e. The highest BCUT2D eigenvalue weighted by molar-refractivity contribution is 6.31. The van der Waals surface area contributed by atoms with Gasteiger partial charge in [0.15, 0.2) is 0 Å². The third kappa shape index (κ3) is 3.78. The van der Waals surface area contributed by atoms with E-state index in [2.05, 4.69) is 17.2 Å². The molecule has 0 aliphatic heterocycles. The van der Waals surface area contributed by atoms with E-state index in [1.54, 1.807) is 6.07 Å². The quantitative estimate of drug-likeness (QED) is 0.898. The number of benzene rings is 1. The van der Waals surface area contributed by atoms with E-state index < -0.39 is 0 Å². The summed E-state index contributed by atoms with van der Waals surface area (Å²) in [6.45, 7) is 4.85. The number of rotatable bonds is 5. The number of hydrogen-bond donors (Lipinski definition) is 1. The molecule has 20 heavy (non-hydrogen) atoms. The summed E-state index contributed by atoms with van der Waals surface area (Å²) < 4.78 is 13.1. The Hall–Kier alpha value is -1.45. The molecule has 1 heterocycles. The normalized spacial score (nSPS) is 12.4. The minimum Gasteiger partial charge on any atom is -0.309 e. The van der Waals surface area contributed by atoms with Crippen molar-refractivity contribution in [3.63, 3.8) is 0 Å². The van der Waals surface area contributed by atoms with Gasteiger partial charge in [-0.2, -0.15) is 0 Å². The number of aryl methyl sites for hydroxylation is 1. The summed E-state index contributed by atoms with van der Waals surface area (Å²) in [5.74, 6) is -0.313. The molecule has 0 aliphatic carbocycles. The Morgan fingerprint density at radius 3 is 2.75 bits per heavy atom. The Bertz CT molecular complexity index is 586. The summed E-state index contributed by atoms with van der Waals surface area (Å²) in [6.07, 6.45) is 0.684. The largest absolute Gasteiger partial charge is 0.309 e. The molecule has 1 atom stereocenters. The Labute approximate surface area is 124 Å². The van der Waals surface area contributed by atoms with Crippen LogP contribution >= 0.6 is 11.6 Å². The standard InChI is InChI=1S/C16H18ClFN2/c1-3-19-16(15-6-4-5-11(2)20-15)9-12-7-8-13(18)10-14(12)17/h4-8,10,16,19H,3,9H2,1-2H3. The van der Waals surface area contributed by atoms with Gasteiger partial charge in [-0.05, 0) is 49.7 Å². The summed E-state index contributed by atoms with van der Waals surface area (Å²) in [5, 5.41) is 3.86. The Balaban J connectivity index is 2.25. The molecule has 2 aromatic rings. The van der Waals surface area contributed by atoms with Crippen molar-refractivity contribution in [1.29, 1.82) is 0 Å². The lowest BCUT2D eigenvalue weighted by atomic mass is 10.0. The molecule has 0 fully saturated rings. The van der Waals surface area contributed by atoms with Crippen molar-refractivity contribution in [2.24, 2.45) is 0 Å². The van der Waals surface area contributed by atoms with E-state index in [1.807, 2.05) is 25.1 Å². The first-order chi connectivity index (χ1) is 9.60. The molecule has 0 aliphatic rings. The van der Waals surface area contributed by atoms with Crippen molar-refractivity contribution in [1.82, 2.24) is 10.3 Å². The van der Waals surface area contributed by atoms with E-state index in [4.69, 9.17) is 11.6 Å². The Morgan fingerprint density at radius 2 is 2.10 bits per heavy atom. The highest BCUT2D eigenvalue weighted by Gasteiger charge is 2.14. The monoisotopic (exact) mass is 292 g/mol. The molecule has 2 rings (SSSR count). The molecule has 2 nitrogen and oxygen atoms in total. The molecule has 4 heteroatoms. The molecular formula is C16H18ClFN2. The summed E-state index contributed by atoms with van der Waals surface area (Å²) in [6, 6.07) is 10.6. The summed E-state index contributed by atoms with van der Waals surface area (Å²) in [7, 11) is 0. The first kappa shape index (κ1) is 14.9. The van der Waals surface area contributed by atoms with Crippen molar-refractivity contribution < 1.29 is 4.39 Å². The first-order valence-electron chi connectivity index (χ1n) is 6.71. The van der Waals surface area contributed by atoms with E-state index in [1.165, 1.54) is 12.1 Å². The smallest absolute Gasteiger partial charge is 0.124 e. The second-order valence-electron chi connectivity index (χ2n) is 4.75. The van der Waals surface area contributed by atoms with Crippen LogP contribution < -0.4 is 5.32 Å². The molecule has 1 aromatic heterocycles. The second-order valence-corrected chi connectivity index (χ2v) is 5.16. The van der Waals surface area contributed by atoms with Gasteiger partial charge in [0, 0.05) is 10.7 Å². The highest BCUT2D eigenvalue weighted by atomic mass is 35.5. The van der Waals surface area contributed by atoms with Crippen LogP contribution in [0.5, 0.6) is 0 Å². The zero-order chi connectivity index (χ0) is 14.5. The zero-order valence-corrected chi connectivity index (χ0v) is 12.4. The van der Waals surface area contributed by atoms with E-state index >= 15 is 0 Å². The fourth-order valence-electron chi connectivity index (χ4n) is 2.19. The predicted octanol–water partition coefficient (Wildman–Crippen LogP) is 4.08. The minimum atomic E-state index is -0.313. The van der Waals surface area contributed by atoms with Gasteiger partial charge in [-0.25, -0.2) is 4.39 Å². The van der Waals surface area contributed by atoms with E-state index in [0.717, 1.165) is 23.5 Å². The maximum atomic E-state index is 13.1. The molecular weight excluding hydrogens is 275 g/mol. The number of likely N-dealkylation sites (N-methyl/N-ethyl adjacent to an activating group) is 1. The van der Waals surface area contributed by atoms with Gasteiger partial charge >= 0.3 is 0 Å². The van der Waals surface area contributed by atoms with Crippen LogP contribution in [0.1, 0.15) is 29.9 Å². The zero-order valence-electron chi connectivity index (χ0n) is 11.7. The van der Waals surface area contributed by atoms with E-state index in [0.29, 0.717) is 11.4 Å². The van der Waals surface area contributed by atoms with Gasteiger partial charge in [-0.3, -0.25) is 4.98 Å². The third-order valence-electron chi connectivity index (χ3n) is 3.16. The SMILES string of the molecule is CCNC(Cc1ccc(F)cc1Cl)c1cccc(C)n1. The molecule has 0 saturated heterocycles. The van der Waals surface area contributed by atoms with Crippen LogP contribution in [0.4, 0.5) is 4.39 Å². The van der Waals surface area contributed by atoms with Crippen LogP contribution in [0.25, 0.3) is 0 Å². The fraction of sp³-hybridized carbons (Fsp3) is 0.312. The highest BCUT2D eigenvalue weighted by Crippen LogP contribution is 2.23. The average Bonchev–Trinajstić information content (AvgIpc) is 2.41. The van der Waals surface area contributed by atoms with Gasteiger partial charge in [-0.15, -0.1) is 0 Å². The van der Waals surface area contributed by atoms with Crippen LogP contribution in [0.3, 0.4) is 0 Å². The Morgan fingerprint density at radius 1 is 1.30 bits per heavy atom. The van der Waals surface area contributed by atoms with E-state index in [9.17, 15) is 4.39 Å². The molecule has 1 N–H and O–H groups in total. The fourth-order valence-corrected chi connectivity index (χ4v) is 2.44. The number of halogens is 2. The van der Waals surface area contributed by atoms with Crippen molar-refractivity contribution in [3.8, 4) is 0 Å². The van der Waals surface area contributed by atoms with Gasteiger partial charge in [0.05, 0.1) is 11.7 Å². The first-order valence-corrected chi connectivity index (χ1v) is 7.09. The van der Waals surface area contributed by atoms with Crippen LogP contribution in [0.2, 0.25) is 5.02 Å². The average molecular weight is 293 g/mol. The predicted molar refractivity (Wildman–Crippen MR) is 80.5 cm³/mol. The number of aromatic nitrogens is 1. The molecule has 1 aromatic carbocycles. The van der Waals surface area contributed by atoms with Crippen molar-refractivity contribution in [2.45, 2.75) is 26.3 Å². The number of hydrogen-bond acceptors (Lipinski definition) is 2. The summed E-state index contributed by atoms with van der Waals surface area (Å²) in [5.41, 5.74) is 2.88. The topological polar surface area (TPSA) is 24.9 Å². The van der Waals surface area contributed by atoms with Crippen molar-refractivity contribution >= 4 is 11.6 Å². The van der Waals surface area contributed by atoms with Crippen LogP contribution in [-0.4, -0.2) is 11.5 Å². The summed E-state index contributed by atoms with van der Waals surface area (Å²) >= 11 is 6.10. The molecule has 106 valence electrons. The molecule has 0 amide bonds.